The second kappa shape index (κ2) is 6.11. The van der Waals surface area contributed by atoms with Gasteiger partial charge in [0.05, 0.1) is 11.6 Å². The van der Waals surface area contributed by atoms with Gasteiger partial charge < -0.3 is 14.7 Å². The van der Waals surface area contributed by atoms with Crippen LogP contribution in [-0.4, -0.2) is 47.2 Å². The summed E-state index contributed by atoms with van der Waals surface area (Å²) in [5.41, 5.74) is -1.48. The topological polar surface area (TPSA) is 66.8 Å². The van der Waals surface area contributed by atoms with Crippen molar-refractivity contribution in [2.75, 3.05) is 19.7 Å². The molecule has 1 aromatic heterocycles. The second-order valence-corrected chi connectivity index (χ2v) is 5.97. The summed E-state index contributed by atoms with van der Waals surface area (Å²) < 4.78 is 4.86. The van der Waals surface area contributed by atoms with Crippen LogP contribution < -0.4 is 0 Å². The Kier molecular flexibility index (Phi) is 4.67. The number of nitrogens with zero attached hydrogens (tertiary/aromatic N) is 1. The van der Waals surface area contributed by atoms with Crippen LogP contribution in [0.5, 0.6) is 0 Å². The zero-order chi connectivity index (χ0) is 14.8. The van der Waals surface area contributed by atoms with E-state index in [2.05, 4.69) is 0 Å². The zero-order valence-corrected chi connectivity index (χ0v) is 12.7. The number of ether oxygens (including phenoxy) is 1. The number of piperidine rings is 1. The number of esters is 1. The lowest BCUT2D eigenvalue weighted by atomic mass is 9.91. The van der Waals surface area contributed by atoms with Gasteiger partial charge in [-0.1, -0.05) is 11.6 Å². The molecule has 7 heteroatoms. The third-order valence-corrected chi connectivity index (χ3v) is 4.67. The van der Waals surface area contributed by atoms with Gasteiger partial charge in [0.2, 0.25) is 0 Å². The molecule has 0 aromatic carbocycles. The zero-order valence-electron chi connectivity index (χ0n) is 11.1. The summed E-state index contributed by atoms with van der Waals surface area (Å²) in [5, 5.41) is 12.4. The van der Waals surface area contributed by atoms with Crippen molar-refractivity contribution in [2.45, 2.75) is 25.4 Å². The summed E-state index contributed by atoms with van der Waals surface area (Å²) in [7, 11) is 0. The van der Waals surface area contributed by atoms with E-state index in [0.717, 1.165) is 0 Å². The molecule has 0 unspecified atom stereocenters. The van der Waals surface area contributed by atoms with Gasteiger partial charge in [-0.3, -0.25) is 4.79 Å². The van der Waals surface area contributed by atoms with E-state index >= 15 is 0 Å². The Morgan fingerprint density at radius 2 is 2.15 bits per heavy atom. The van der Waals surface area contributed by atoms with Crippen LogP contribution in [0.3, 0.4) is 0 Å². The smallest absolute Gasteiger partial charge is 0.338 e. The number of carbonyl (C=O) groups excluding carboxylic acids is 2. The fourth-order valence-corrected chi connectivity index (χ4v) is 3.24. The first-order valence-corrected chi connectivity index (χ1v) is 7.65. The monoisotopic (exact) mass is 317 g/mol. The molecule has 0 aliphatic carbocycles. The van der Waals surface area contributed by atoms with Crippen LogP contribution in [0, 0.1) is 0 Å². The van der Waals surface area contributed by atoms with Crippen LogP contribution >= 0.6 is 22.9 Å². The number of rotatable bonds is 3. The third-order valence-electron chi connectivity index (χ3n) is 3.34. The molecule has 0 spiro atoms. The van der Waals surface area contributed by atoms with Crippen LogP contribution in [0.1, 0.15) is 29.4 Å². The van der Waals surface area contributed by atoms with Crippen molar-refractivity contribution in [3.8, 4) is 0 Å². The summed E-state index contributed by atoms with van der Waals surface area (Å²) in [5.74, 6) is -0.767. The molecule has 1 aliphatic rings. The normalized spacial score (nSPS) is 17.9. The number of carbonyl (C=O) groups is 2. The average molecular weight is 318 g/mol. The van der Waals surface area contributed by atoms with E-state index in [0.29, 0.717) is 23.0 Å². The highest BCUT2D eigenvalue weighted by Gasteiger charge is 2.42. The molecule has 1 saturated heterocycles. The van der Waals surface area contributed by atoms with Gasteiger partial charge in [-0.25, -0.2) is 4.79 Å². The van der Waals surface area contributed by atoms with Crippen molar-refractivity contribution in [1.82, 2.24) is 4.90 Å². The molecule has 2 heterocycles. The van der Waals surface area contributed by atoms with Crippen LogP contribution in [0.2, 0.25) is 5.02 Å². The standard InChI is InChI=1S/C13H16ClNO4S/c1-2-19-12(17)13(18)4-6-15(7-5-13)11(16)10-9(14)3-8-20-10/h3,8,18H,2,4-7H2,1H3. The largest absolute Gasteiger partial charge is 0.464 e. The summed E-state index contributed by atoms with van der Waals surface area (Å²) in [6, 6.07) is 1.68. The van der Waals surface area contributed by atoms with E-state index in [4.69, 9.17) is 16.3 Å². The van der Waals surface area contributed by atoms with Gasteiger partial charge in [0, 0.05) is 25.9 Å². The molecule has 20 heavy (non-hydrogen) atoms. The molecule has 0 radical (unpaired) electrons. The Balaban J connectivity index is 1.99. The number of amides is 1. The van der Waals surface area contributed by atoms with Gasteiger partial charge in [-0.2, -0.15) is 0 Å². The van der Waals surface area contributed by atoms with Gasteiger partial charge in [0.25, 0.3) is 5.91 Å². The third kappa shape index (κ3) is 2.97. The van der Waals surface area contributed by atoms with Crippen molar-refractivity contribution in [2.24, 2.45) is 0 Å². The molecule has 0 bridgehead atoms. The lowest BCUT2D eigenvalue weighted by Gasteiger charge is -2.36. The quantitative estimate of drug-likeness (QED) is 0.865. The Labute approximate surface area is 126 Å². The summed E-state index contributed by atoms with van der Waals surface area (Å²) in [4.78, 5) is 26.0. The van der Waals surface area contributed by atoms with E-state index in [1.54, 1.807) is 23.3 Å². The van der Waals surface area contributed by atoms with Crippen molar-refractivity contribution >= 4 is 34.8 Å². The van der Waals surface area contributed by atoms with E-state index < -0.39 is 11.6 Å². The SMILES string of the molecule is CCOC(=O)C1(O)CCN(C(=O)c2sccc2Cl)CC1. The van der Waals surface area contributed by atoms with Crippen molar-refractivity contribution in [3.63, 3.8) is 0 Å². The lowest BCUT2D eigenvalue weighted by Crippen LogP contribution is -2.51. The van der Waals surface area contributed by atoms with E-state index in [9.17, 15) is 14.7 Å². The van der Waals surface area contributed by atoms with Crippen LogP contribution in [0.15, 0.2) is 11.4 Å². The first-order chi connectivity index (χ1) is 9.48. The molecule has 1 N–H and O–H groups in total. The molecule has 1 amide bonds. The van der Waals surface area contributed by atoms with Crippen molar-refractivity contribution < 1.29 is 19.4 Å². The van der Waals surface area contributed by atoms with Gasteiger partial charge in [-0.15, -0.1) is 11.3 Å². The maximum absolute atomic E-state index is 12.2. The maximum Gasteiger partial charge on any atom is 0.338 e. The van der Waals surface area contributed by atoms with E-state index in [-0.39, 0.29) is 25.4 Å². The summed E-state index contributed by atoms with van der Waals surface area (Å²) in [6.07, 6.45) is 0.362. The Morgan fingerprint density at radius 1 is 1.50 bits per heavy atom. The Hall–Kier alpha value is -1.11. The van der Waals surface area contributed by atoms with Gasteiger partial charge >= 0.3 is 5.97 Å². The predicted molar refractivity (Wildman–Crippen MR) is 76.0 cm³/mol. The van der Waals surface area contributed by atoms with Crippen LogP contribution in [0.4, 0.5) is 0 Å². The molecule has 0 saturated carbocycles. The fourth-order valence-electron chi connectivity index (χ4n) is 2.14. The molecule has 1 aromatic rings. The number of hydrogen-bond acceptors (Lipinski definition) is 5. The average Bonchev–Trinajstić information content (AvgIpc) is 2.85. The van der Waals surface area contributed by atoms with Crippen LogP contribution in [-0.2, 0) is 9.53 Å². The second-order valence-electron chi connectivity index (χ2n) is 4.64. The van der Waals surface area contributed by atoms with E-state index in [1.165, 1.54) is 11.3 Å². The first kappa shape index (κ1) is 15.3. The lowest BCUT2D eigenvalue weighted by molar-refractivity contribution is -0.169. The van der Waals surface area contributed by atoms with E-state index in [1.807, 2.05) is 0 Å². The van der Waals surface area contributed by atoms with Gasteiger partial charge in [0.15, 0.2) is 5.60 Å². The molecule has 110 valence electrons. The minimum Gasteiger partial charge on any atom is -0.464 e. The van der Waals surface area contributed by atoms with Gasteiger partial charge in [-0.05, 0) is 18.4 Å². The molecule has 5 nitrogen and oxygen atoms in total. The molecular weight excluding hydrogens is 302 g/mol. The number of likely N-dealkylation sites (tertiary alicyclic amines) is 1. The maximum atomic E-state index is 12.2. The van der Waals surface area contributed by atoms with Crippen LogP contribution in [0.25, 0.3) is 0 Å². The first-order valence-electron chi connectivity index (χ1n) is 6.40. The molecule has 1 aliphatic heterocycles. The Bertz CT molecular complexity index is 508. The van der Waals surface area contributed by atoms with Crippen molar-refractivity contribution in [3.05, 3.63) is 21.3 Å². The summed E-state index contributed by atoms with van der Waals surface area (Å²) >= 11 is 7.23. The molecule has 2 rings (SSSR count). The molecule has 1 fully saturated rings. The van der Waals surface area contributed by atoms with Crippen molar-refractivity contribution in [1.29, 1.82) is 0 Å². The minimum atomic E-state index is -1.48. The fraction of sp³-hybridized carbons (Fsp3) is 0.538. The number of thiophene rings is 1. The highest BCUT2D eigenvalue weighted by atomic mass is 35.5. The molecular formula is C13H16ClNO4S. The minimum absolute atomic E-state index is 0.157. The molecule has 0 atom stereocenters. The highest BCUT2D eigenvalue weighted by Crippen LogP contribution is 2.28. The summed E-state index contributed by atoms with van der Waals surface area (Å²) in [6.45, 7) is 2.54. The number of aliphatic hydroxyl groups is 1. The highest BCUT2D eigenvalue weighted by molar-refractivity contribution is 7.12. The predicted octanol–water partition coefficient (Wildman–Crippen LogP) is 1.93. The number of hydrogen-bond donors (Lipinski definition) is 1. The number of halogens is 1. The Morgan fingerprint density at radius 3 is 2.65 bits per heavy atom. The van der Waals surface area contributed by atoms with Gasteiger partial charge in [0.1, 0.15) is 4.88 Å².